The molecule has 12 heavy (non-hydrogen) atoms. The zero-order valence-electron chi connectivity index (χ0n) is 6.12. The van der Waals surface area contributed by atoms with E-state index in [2.05, 4.69) is 16.0 Å². The molecule has 0 rings (SSSR count). The molecule has 1 N–H and O–H groups in total. The van der Waals surface area contributed by atoms with E-state index in [9.17, 15) is 4.79 Å². The van der Waals surface area contributed by atoms with Gasteiger partial charge in [-0.1, -0.05) is 6.42 Å². The molecule has 4 nitrogen and oxygen atoms in total. The number of hydrogen-bond donors (Lipinski definition) is 1. The van der Waals surface area contributed by atoms with Crippen LogP contribution in [0.4, 0.5) is 0 Å². The quantitative estimate of drug-likeness (QED) is 0.229. The summed E-state index contributed by atoms with van der Waals surface area (Å²) >= 11 is 0. The number of aliphatic hydroxyl groups excluding tert-OH is 1. The third-order valence-corrected chi connectivity index (χ3v) is 0.799. The first-order valence-corrected chi connectivity index (χ1v) is 2.57. The normalized spacial score (nSPS) is 9.58. The van der Waals surface area contributed by atoms with Gasteiger partial charge in [0.1, 0.15) is 11.9 Å². The number of aliphatic hydroxyl groups is 1. The summed E-state index contributed by atoms with van der Waals surface area (Å²) in [5.41, 5.74) is -0.497. The Bertz CT molecular complexity index is 278. The van der Waals surface area contributed by atoms with Crippen molar-refractivity contribution in [2.75, 3.05) is 0 Å². The number of rotatable bonds is 1. The van der Waals surface area contributed by atoms with E-state index in [-0.39, 0.29) is 16.8 Å². The summed E-state index contributed by atoms with van der Waals surface area (Å²) in [5, 5.41) is 8.71. The molecule has 0 aromatic carbocycles. The van der Waals surface area contributed by atoms with Crippen LogP contribution >= 0.6 is 0 Å². The number of terminal acetylenes is 1. The number of ether oxygens (including phenoxy) is 1. The Morgan fingerprint density at radius 3 is 2.50 bits per heavy atom. The van der Waals surface area contributed by atoms with E-state index in [1.807, 2.05) is 0 Å². The first kappa shape index (κ1) is 13.2. The van der Waals surface area contributed by atoms with Crippen molar-refractivity contribution in [3.05, 3.63) is 22.9 Å². The number of hydrogen-bond acceptors (Lipinski definition) is 3. The molecule has 5 heteroatoms. The first-order chi connectivity index (χ1) is 5.13. The molecule has 0 saturated heterocycles. The summed E-state index contributed by atoms with van der Waals surface area (Å²) in [6.45, 7) is 7.64. The van der Waals surface area contributed by atoms with E-state index in [0.717, 1.165) is 0 Å². The predicted molar refractivity (Wildman–Crippen MR) is 36.9 cm³/mol. The van der Waals surface area contributed by atoms with E-state index in [0.29, 0.717) is 0 Å². The summed E-state index contributed by atoms with van der Waals surface area (Å²) in [6.07, 6.45) is 6.22. The molecule has 0 heterocycles. The summed E-state index contributed by atoms with van der Waals surface area (Å²) in [6, 6.07) is 0. The van der Waals surface area contributed by atoms with E-state index >= 15 is 0 Å². The molecule has 0 amide bonds. The van der Waals surface area contributed by atoms with Gasteiger partial charge in [-0.15, -0.1) is 0 Å². The topological polar surface area (TPSA) is 50.9 Å². The van der Waals surface area contributed by atoms with Crippen molar-refractivity contribution in [1.82, 2.24) is 0 Å². The van der Waals surface area contributed by atoms with Gasteiger partial charge in [0.05, 0.1) is 6.57 Å². The van der Waals surface area contributed by atoms with Gasteiger partial charge < -0.3 is 9.84 Å². The van der Waals surface area contributed by atoms with Crippen LogP contribution < -0.4 is 0 Å². The van der Waals surface area contributed by atoms with Crippen molar-refractivity contribution >= 4 is 5.97 Å². The third kappa shape index (κ3) is 3.67. The molecule has 0 aromatic rings. The van der Waals surface area contributed by atoms with Crippen molar-refractivity contribution < 1.29 is 31.4 Å². The Morgan fingerprint density at radius 2 is 2.25 bits per heavy atom. The van der Waals surface area contributed by atoms with Gasteiger partial charge in [-0.25, -0.2) is 4.85 Å². The molecule has 0 aliphatic heterocycles. The molecule has 0 fully saturated rings. The first-order valence-electron chi connectivity index (χ1n) is 2.57. The number of nitrogens with zero attached hydrogens (tertiary/aromatic N) is 1. The monoisotopic (exact) mass is 210 g/mol. The Hall–Kier alpha value is -1.43. The van der Waals surface area contributed by atoms with Gasteiger partial charge in [0.2, 0.25) is 0 Å². The molecule has 0 atom stereocenters. The van der Waals surface area contributed by atoms with Crippen LogP contribution in [0, 0.1) is 19.1 Å². The Kier molecular flexibility index (Phi) is 6.90. The molecule has 0 unspecified atom stereocenters. The van der Waals surface area contributed by atoms with E-state index in [1.165, 1.54) is 6.92 Å². The fourth-order valence-corrected chi connectivity index (χ4v) is 0.376. The van der Waals surface area contributed by atoms with Crippen LogP contribution in [0.15, 0.2) is 11.5 Å². The second-order valence-corrected chi connectivity index (χ2v) is 1.55. The molecule has 0 spiro atoms. The van der Waals surface area contributed by atoms with Crippen LogP contribution in [0.3, 0.4) is 0 Å². The summed E-state index contributed by atoms with van der Waals surface area (Å²) in [4.78, 5) is 13.3. The fraction of sp³-hybridized carbons (Fsp3) is 0.143. The van der Waals surface area contributed by atoms with Gasteiger partial charge in [-0.2, -0.15) is 0 Å². The summed E-state index contributed by atoms with van der Waals surface area (Å²) < 4.78 is 4.01. The second kappa shape index (κ2) is 6.29. The minimum Gasteiger partial charge on any atom is -0.523 e. The molecule has 1 radical (unpaired) electrons. The molecule has 0 aliphatic carbocycles. The van der Waals surface area contributed by atoms with E-state index in [1.54, 1.807) is 6.11 Å². The van der Waals surface area contributed by atoms with Crippen molar-refractivity contribution in [3.8, 4) is 12.5 Å². The summed E-state index contributed by atoms with van der Waals surface area (Å²) in [5.74, 6) is -1.41. The number of carbonyl (C=O) groups excluding carboxylic acids is 1. The number of esters is 1. The Balaban J connectivity index is 0. The number of allylic oxidation sites excluding steroid dienone is 1. The third-order valence-electron chi connectivity index (χ3n) is 0.799. The van der Waals surface area contributed by atoms with E-state index < -0.39 is 17.4 Å². The van der Waals surface area contributed by atoms with Crippen LogP contribution in [0.5, 0.6) is 0 Å². The SMILES string of the molecule is [C-]#[N+]/C(C(=O)OC#C)=C(\C)O.[Co]. The van der Waals surface area contributed by atoms with Crippen LogP contribution in [-0.2, 0) is 26.3 Å². The largest absolute Gasteiger partial charge is 0.523 e. The van der Waals surface area contributed by atoms with Crippen molar-refractivity contribution in [2.24, 2.45) is 0 Å². The van der Waals surface area contributed by atoms with Gasteiger partial charge in [-0.05, 0) is 6.92 Å². The molecule has 0 aromatic heterocycles. The molecule has 0 aliphatic rings. The molecule has 0 saturated carbocycles. The summed E-state index contributed by atoms with van der Waals surface area (Å²) in [7, 11) is 0. The van der Waals surface area contributed by atoms with Crippen LogP contribution in [0.1, 0.15) is 6.92 Å². The average Bonchev–Trinajstić information content (AvgIpc) is 1.88. The van der Waals surface area contributed by atoms with Gasteiger partial charge in [0, 0.05) is 16.8 Å². The fourth-order valence-electron chi connectivity index (χ4n) is 0.376. The van der Waals surface area contributed by atoms with Crippen LogP contribution in [-0.4, -0.2) is 11.1 Å². The predicted octanol–water partition coefficient (Wildman–Crippen LogP) is 0.827. The maximum absolute atomic E-state index is 10.6. The van der Waals surface area contributed by atoms with Crippen molar-refractivity contribution in [1.29, 1.82) is 0 Å². The van der Waals surface area contributed by atoms with E-state index in [4.69, 9.17) is 11.7 Å². The maximum atomic E-state index is 10.6. The molecular weight excluding hydrogens is 205 g/mol. The molecule has 0 bridgehead atoms. The van der Waals surface area contributed by atoms with Crippen LogP contribution in [0.25, 0.3) is 4.85 Å². The zero-order valence-corrected chi connectivity index (χ0v) is 7.16. The van der Waals surface area contributed by atoms with Crippen molar-refractivity contribution in [3.63, 3.8) is 0 Å². The standard InChI is InChI=1S/C7H5NO3.Co/c1-4-11-7(10)6(8-3)5(2)9;/h1,9H,2H3;/b6-5+;. The minimum atomic E-state index is -1.01. The smallest absolute Gasteiger partial charge is 0.354 e. The minimum absolute atomic E-state index is 0. The van der Waals surface area contributed by atoms with Gasteiger partial charge in [-0.3, -0.25) is 4.79 Å². The van der Waals surface area contributed by atoms with Crippen LogP contribution in [0.2, 0.25) is 0 Å². The van der Waals surface area contributed by atoms with Crippen molar-refractivity contribution in [2.45, 2.75) is 6.92 Å². The maximum Gasteiger partial charge on any atom is 0.354 e. The number of carbonyl (C=O) groups is 1. The Labute approximate surface area is 80.2 Å². The van der Waals surface area contributed by atoms with Gasteiger partial charge in [0.15, 0.2) is 0 Å². The Morgan fingerprint density at radius 1 is 1.75 bits per heavy atom. The zero-order chi connectivity index (χ0) is 8.85. The second-order valence-electron chi connectivity index (χ2n) is 1.55. The molecular formula is C7H5CoNO3. The van der Waals surface area contributed by atoms with Gasteiger partial charge >= 0.3 is 11.7 Å². The average molecular weight is 210 g/mol. The van der Waals surface area contributed by atoms with Gasteiger partial charge in [0.25, 0.3) is 0 Å². The molecule has 65 valence electrons.